The molecular formula is C13H24N6O2. The van der Waals surface area contributed by atoms with Gasteiger partial charge in [0.1, 0.15) is 0 Å². The highest BCUT2D eigenvalue weighted by Crippen LogP contribution is 2.15. The second kappa shape index (κ2) is 7.94. The van der Waals surface area contributed by atoms with Gasteiger partial charge in [0.15, 0.2) is 0 Å². The highest BCUT2D eigenvalue weighted by atomic mass is 16.5. The first-order chi connectivity index (χ1) is 10.2. The molecule has 1 unspecified atom stereocenters. The quantitative estimate of drug-likeness (QED) is 0.751. The van der Waals surface area contributed by atoms with E-state index in [0.29, 0.717) is 31.7 Å². The Hall–Kier alpha value is -1.67. The lowest BCUT2D eigenvalue weighted by atomic mass is 10.2. The Morgan fingerprint density at radius 2 is 2.10 bits per heavy atom. The molecule has 0 amide bonds. The molecule has 3 N–H and O–H groups in total. The van der Waals surface area contributed by atoms with Crippen LogP contribution in [0, 0.1) is 0 Å². The minimum absolute atomic E-state index is 0.166. The van der Waals surface area contributed by atoms with Gasteiger partial charge in [0, 0.05) is 20.2 Å². The monoisotopic (exact) mass is 296 g/mol. The first-order valence-corrected chi connectivity index (χ1v) is 7.32. The number of hydrogen-bond acceptors (Lipinski definition) is 8. The summed E-state index contributed by atoms with van der Waals surface area (Å²) in [5, 5.41) is 3.28. The van der Waals surface area contributed by atoms with Gasteiger partial charge in [0.25, 0.3) is 0 Å². The van der Waals surface area contributed by atoms with E-state index < -0.39 is 0 Å². The van der Waals surface area contributed by atoms with E-state index in [1.165, 1.54) is 0 Å². The number of nitrogens with zero attached hydrogens (tertiary/aromatic N) is 4. The summed E-state index contributed by atoms with van der Waals surface area (Å²) in [6.07, 6.45) is 2.03. The van der Waals surface area contributed by atoms with E-state index >= 15 is 0 Å². The van der Waals surface area contributed by atoms with Crippen LogP contribution in [0.2, 0.25) is 0 Å². The Morgan fingerprint density at radius 3 is 2.76 bits per heavy atom. The van der Waals surface area contributed by atoms with E-state index in [2.05, 4.69) is 32.1 Å². The van der Waals surface area contributed by atoms with Crippen LogP contribution in [0.4, 0.5) is 17.8 Å². The van der Waals surface area contributed by atoms with E-state index in [1.54, 1.807) is 7.11 Å². The van der Waals surface area contributed by atoms with Crippen molar-refractivity contribution in [3.8, 4) is 0 Å². The molecule has 2 rings (SSSR count). The van der Waals surface area contributed by atoms with Crippen LogP contribution in [-0.2, 0) is 9.47 Å². The average molecular weight is 296 g/mol. The van der Waals surface area contributed by atoms with Crippen LogP contribution in [0.25, 0.3) is 0 Å². The second-order valence-corrected chi connectivity index (χ2v) is 5.00. The molecule has 118 valence electrons. The van der Waals surface area contributed by atoms with E-state index in [9.17, 15) is 0 Å². The van der Waals surface area contributed by atoms with Gasteiger partial charge in [-0.3, -0.25) is 0 Å². The summed E-state index contributed by atoms with van der Waals surface area (Å²) in [7, 11) is 1.69. The highest BCUT2D eigenvalue weighted by Gasteiger charge is 2.17. The third-order valence-electron chi connectivity index (χ3n) is 3.27. The van der Waals surface area contributed by atoms with E-state index in [-0.39, 0.29) is 12.0 Å². The molecule has 1 atom stereocenters. The molecule has 0 radical (unpaired) electrons. The molecule has 21 heavy (non-hydrogen) atoms. The summed E-state index contributed by atoms with van der Waals surface area (Å²) in [6, 6.07) is 0.166. The van der Waals surface area contributed by atoms with Gasteiger partial charge in [0.2, 0.25) is 17.8 Å². The predicted octanol–water partition coefficient (Wildman–Crippen LogP) is 0.517. The zero-order valence-corrected chi connectivity index (χ0v) is 12.7. The number of anilines is 3. The highest BCUT2D eigenvalue weighted by molar-refractivity contribution is 5.42. The normalized spacial score (nSPS) is 16.8. The number of methoxy groups -OCH3 is 1. The molecular weight excluding hydrogens is 272 g/mol. The first kappa shape index (κ1) is 15.7. The minimum Gasteiger partial charge on any atom is -0.383 e. The molecule has 1 aliphatic heterocycles. The molecule has 0 saturated carbocycles. The van der Waals surface area contributed by atoms with E-state index in [1.807, 2.05) is 0 Å². The maximum Gasteiger partial charge on any atom is 0.232 e. The molecule has 1 aromatic rings. The number of ether oxygens (including phenoxy) is 2. The van der Waals surface area contributed by atoms with Gasteiger partial charge in [-0.1, -0.05) is 13.3 Å². The standard InChI is InChI=1S/C13H24N6O2/c1-3-4-10(9-20-2)15-12-16-11(14)17-13(18-12)19-5-7-21-8-6-19/h10H,3-9H2,1-2H3,(H3,14,15,16,17,18). The summed E-state index contributed by atoms with van der Waals surface area (Å²) in [5.74, 6) is 1.32. The van der Waals surface area contributed by atoms with Gasteiger partial charge >= 0.3 is 0 Å². The van der Waals surface area contributed by atoms with Crippen molar-refractivity contribution in [2.24, 2.45) is 0 Å². The topological polar surface area (TPSA) is 98.4 Å². The van der Waals surface area contributed by atoms with E-state index in [0.717, 1.165) is 25.9 Å². The first-order valence-electron chi connectivity index (χ1n) is 7.32. The van der Waals surface area contributed by atoms with Crippen molar-refractivity contribution in [3.63, 3.8) is 0 Å². The average Bonchev–Trinajstić information content (AvgIpc) is 2.48. The second-order valence-electron chi connectivity index (χ2n) is 5.00. The number of nitrogens with two attached hydrogens (primary N) is 1. The van der Waals surface area contributed by atoms with Crippen LogP contribution in [0.1, 0.15) is 19.8 Å². The molecule has 1 saturated heterocycles. The number of aromatic nitrogens is 3. The number of hydrogen-bond donors (Lipinski definition) is 2. The van der Waals surface area contributed by atoms with Crippen molar-refractivity contribution in [2.75, 3.05) is 56.0 Å². The van der Waals surface area contributed by atoms with Crippen molar-refractivity contribution in [3.05, 3.63) is 0 Å². The van der Waals surface area contributed by atoms with Gasteiger partial charge in [0.05, 0.1) is 25.9 Å². The van der Waals surface area contributed by atoms with Crippen LogP contribution in [0.3, 0.4) is 0 Å². The summed E-state index contributed by atoms with van der Waals surface area (Å²) >= 11 is 0. The molecule has 2 heterocycles. The Morgan fingerprint density at radius 1 is 1.33 bits per heavy atom. The largest absolute Gasteiger partial charge is 0.383 e. The fraction of sp³-hybridized carbons (Fsp3) is 0.769. The van der Waals surface area contributed by atoms with Crippen molar-refractivity contribution in [2.45, 2.75) is 25.8 Å². The lowest BCUT2D eigenvalue weighted by Crippen LogP contribution is -2.38. The number of morpholine rings is 1. The fourth-order valence-electron chi connectivity index (χ4n) is 2.28. The fourth-order valence-corrected chi connectivity index (χ4v) is 2.28. The van der Waals surface area contributed by atoms with Crippen molar-refractivity contribution in [1.82, 2.24) is 15.0 Å². The van der Waals surface area contributed by atoms with Gasteiger partial charge in [-0.15, -0.1) is 0 Å². The van der Waals surface area contributed by atoms with Gasteiger partial charge in [-0.25, -0.2) is 0 Å². The van der Waals surface area contributed by atoms with Gasteiger partial charge < -0.3 is 25.4 Å². The smallest absolute Gasteiger partial charge is 0.232 e. The lowest BCUT2D eigenvalue weighted by molar-refractivity contribution is 0.122. The maximum atomic E-state index is 5.80. The molecule has 0 aromatic carbocycles. The third-order valence-corrected chi connectivity index (χ3v) is 3.27. The molecule has 0 aliphatic carbocycles. The van der Waals surface area contributed by atoms with Crippen LogP contribution in [0.5, 0.6) is 0 Å². The molecule has 0 spiro atoms. The van der Waals surface area contributed by atoms with Gasteiger partial charge in [-0.05, 0) is 6.42 Å². The SMILES string of the molecule is CCCC(COC)Nc1nc(N)nc(N2CCOCC2)n1. The molecule has 1 fully saturated rings. The zero-order valence-electron chi connectivity index (χ0n) is 12.7. The summed E-state index contributed by atoms with van der Waals surface area (Å²) in [6.45, 7) is 5.61. The van der Waals surface area contributed by atoms with E-state index in [4.69, 9.17) is 15.2 Å². The van der Waals surface area contributed by atoms with Crippen molar-refractivity contribution >= 4 is 17.8 Å². The third kappa shape index (κ3) is 4.68. The van der Waals surface area contributed by atoms with Crippen LogP contribution in [0.15, 0.2) is 0 Å². The molecule has 8 nitrogen and oxygen atoms in total. The molecule has 1 aliphatic rings. The number of rotatable bonds is 7. The minimum atomic E-state index is 0.166. The van der Waals surface area contributed by atoms with Crippen LogP contribution < -0.4 is 16.0 Å². The molecule has 0 bridgehead atoms. The Bertz CT molecular complexity index is 433. The van der Waals surface area contributed by atoms with Crippen molar-refractivity contribution in [1.29, 1.82) is 0 Å². The summed E-state index contributed by atoms with van der Waals surface area (Å²) in [4.78, 5) is 14.9. The lowest BCUT2D eigenvalue weighted by Gasteiger charge is -2.27. The number of nitrogen functional groups attached to an aromatic ring is 1. The Balaban J connectivity index is 2.09. The van der Waals surface area contributed by atoms with Gasteiger partial charge in [-0.2, -0.15) is 15.0 Å². The van der Waals surface area contributed by atoms with Crippen LogP contribution >= 0.6 is 0 Å². The maximum absolute atomic E-state index is 5.80. The Kier molecular flexibility index (Phi) is 5.94. The molecule has 1 aromatic heterocycles. The predicted molar refractivity (Wildman–Crippen MR) is 81.5 cm³/mol. The zero-order chi connectivity index (χ0) is 15.1. The van der Waals surface area contributed by atoms with Crippen molar-refractivity contribution < 1.29 is 9.47 Å². The summed E-state index contributed by atoms with van der Waals surface area (Å²) < 4.78 is 10.5. The Labute approximate surface area is 125 Å². The van der Waals surface area contributed by atoms with Crippen LogP contribution in [-0.4, -0.2) is 61.0 Å². The summed E-state index contributed by atoms with van der Waals surface area (Å²) in [5.41, 5.74) is 5.80. The number of nitrogens with one attached hydrogen (secondary N) is 1. The molecule has 8 heteroatoms.